The summed E-state index contributed by atoms with van der Waals surface area (Å²) in [5.41, 5.74) is 3.33. The Morgan fingerprint density at radius 1 is 1.41 bits per heavy atom. The average Bonchev–Trinajstić information content (AvgIpc) is 2.70. The first-order chi connectivity index (χ1) is 8.29. The second kappa shape index (κ2) is 4.17. The second-order valence-electron chi connectivity index (χ2n) is 5.14. The molecule has 90 valence electrons. The molecule has 17 heavy (non-hydrogen) atoms. The van der Waals surface area contributed by atoms with Gasteiger partial charge in [0.05, 0.1) is 5.52 Å². The van der Waals surface area contributed by atoms with E-state index in [-0.39, 0.29) is 5.82 Å². The highest BCUT2D eigenvalue weighted by atomic mass is 19.1. The zero-order valence-corrected chi connectivity index (χ0v) is 10.2. The molecule has 0 saturated heterocycles. The molecule has 1 atom stereocenters. The maximum absolute atomic E-state index is 13.7. The second-order valence-corrected chi connectivity index (χ2v) is 5.14. The summed E-state index contributed by atoms with van der Waals surface area (Å²) in [5.74, 6) is 0.665. The van der Waals surface area contributed by atoms with Crippen LogP contribution in [0.5, 0.6) is 0 Å². The Labute approximate surface area is 101 Å². The lowest BCUT2D eigenvalue weighted by atomic mass is 9.84. The quantitative estimate of drug-likeness (QED) is 0.796. The zero-order valence-electron chi connectivity index (χ0n) is 10.2. The number of rotatable bonds is 2. The van der Waals surface area contributed by atoms with Crippen LogP contribution in [0.25, 0.3) is 10.9 Å². The number of benzene rings is 1. The number of fused-ring (bicyclic) bond motifs is 3. The van der Waals surface area contributed by atoms with E-state index in [1.807, 2.05) is 12.1 Å². The predicted molar refractivity (Wildman–Crippen MR) is 68.7 cm³/mol. The molecule has 2 heteroatoms. The minimum absolute atomic E-state index is 0.121. The Morgan fingerprint density at radius 3 is 3.12 bits per heavy atom. The SMILES string of the molecule is CCCC1CCc2[nH]c3c(F)cccc3c2C1. The highest BCUT2D eigenvalue weighted by Gasteiger charge is 2.22. The minimum atomic E-state index is -0.121. The van der Waals surface area contributed by atoms with Crippen LogP contribution in [-0.4, -0.2) is 4.98 Å². The van der Waals surface area contributed by atoms with Crippen LogP contribution in [0.2, 0.25) is 0 Å². The van der Waals surface area contributed by atoms with E-state index in [0.717, 1.165) is 24.1 Å². The number of hydrogen-bond donors (Lipinski definition) is 1. The number of hydrogen-bond acceptors (Lipinski definition) is 0. The number of aromatic amines is 1. The van der Waals surface area contributed by atoms with Gasteiger partial charge in [0, 0.05) is 11.1 Å². The number of H-pyrrole nitrogens is 1. The maximum atomic E-state index is 13.7. The maximum Gasteiger partial charge on any atom is 0.147 e. The standard InChI is InChI=1S/C15H18FN/c1-2-4-10-7-8-14-12(9-10)11-5-3-6-13(16)15(11)17-14/h3,5-6,10,17H,2,4,7-9H2,1H3. The molecule has 1 N–H and O–H groups in total. The fraction of sp³-hybridized carbons (Fsp3) is 0.467. The van der Waals surface area contributed by atoms with Gasteiger partial charge in [-0.2, -0.15) is 0 Å². The highest BCUT2D eigenvalue weighted by Crippen LogP contribution is 2.34. The van der Waals surface area contributed by atoms with Crippen LogP contribution in [0.15, 0.2) is 18.2 Å². The van der Waals surface area contributed by atoms with Gasteiger partial charge >= 0.3 is 0 Å². The van der Waals surface area contributed by atoms with Gasteiger partial charge in [-0.3, -0.25) is 0 Å². The molecular formula is C15H18FN. The molecular weight excluding hydrogens is 213 g/mol. The molecule has 1 aliphatic rings. The van der Waals surface area contributed by atoms with Crippen molar-refractivity contribution in [3.8, 4) is 0 Å². The molecule has 1 heterocycles. The fourth-order valence-corrected chi connectivity index (χ4v) is 3.13. The van der Waals surface area contributed by atoms with Crippen molar-refractivity contribution in [1.29, 1.82) is 0 Å². The van der Waals surface area contributed by atoms with Crippen LogP contribution in [0.3, 0.4) is 0 Å². The van der Waals surface area contributed by atoms with E-state index in [9.17, 15) is 4.39 Å². The fourth-order valence-electron chi connectivity index (χ4n) is 3.13. The van der Waals surface area contributed by atoms with Crippen LogP contribution < -0.4 is 0 Å². The van der Waals surface area contributed by atoms with Crippen molar-refractivity contribution >= 4 is 10.9 Å². The monoisotopic (exact) mass is 231 g/mol. The summed E-state index contributed by atoms with van der Waals surface area (Å²) in [6.07, 6.45) is 5.98. The van der Waals surface area contributed by atoms with Gasteiger partial charge in [-0.25, -0.2) is 4.39 Å². The Bertz CT molecular complexity index is 541. The van der Waals surface area contributed by atoms with E-state index in [0.29, 0.717) is 5.52 Å². The van der Waals surface area contributed by atoms with Crippen LogP contribution in [0, 0.1) is 11.7 Å². The Kier molecular flexibility index (Phi) is 2.65. The first-order valence-electron chi connectivity index (χ1n) is 6.57. The van der Waals surface area contributed by atoms with Gasteiger partial charge in [0.25, 0.3) is 0 Å². The molecule has 2 aromatic rings. The summed E-state index contributed by atoms with van der Waals surface area (Å²) < 4.78 is 13.7. The number of aromatic nitrogens is 1. The van der Waals surface area contributed by atoms with Crippen molar-refractivity contribution in [2.45, 2.75) is 39.0 Å². The predicted octanol–water partition coefficient (Wildman–Crippen LogP) is 4.21. The van der Waals surface area contributed by atoms with Gasteiger partial charge in [0.15, 0.2) is 0 Å². The Morgan fingerprint density at radius 2 is 2.29 bits per heavy atom. The van der Waals surface area contributed by atoms with Crippen LogP contribution in [0.4, 0.5) is 4.39 Å². The van der Waals surface area contributed by atoms with Crippen molar-refractivity contribution < 1.29 is 4.39 Å². The van der Waals surface area contributed by atoms with E-state index >= 15 is 0 Å². The summed E-state index contributed by atoms with van der Waals surface area (Å²) in [6, 6.07) is 5.39. The summed E-state index contributed by atoms with van der Waals surface area (Å²) in [5, 5.41) is 1.10. The smallest absolute Gasteiger partial charge is 0.147 e. The average molecular weight is 231 g/mol. The number of nitrogens with one attached hydrogen (secondary N) is 1. The van der Waals surface area contributed by atoms with Crippen LogP contribution in [0.1, 0.15) is 37.4 Å². The van der Waals surface area contributed by atoms with Crippen molar-refractivity contribution in [2.24, 2.45) is 5.92 Å². The first kappa shape index (κ1) is 10.8. The number of para-hydroxylation sites is 1. The third-order valence-electron chi connectivity index (χ3n) is 3.97. The van der Waals surface area contributed by atoms with Gasteiger partial charge < -0.3 is 4.98 Å². The van der Waals surface area contributed by atoms with E-state index in [1.54, 1.807) is 0 Å². The molecule has 1 unspecified atom stereocenters. The van der Waals surface area contributed by atoms with E-state index in [1.165, 1.54) is 36.6 Å². The third kappa shape index (κ3) is 1.76. The van der Waals surface area contributed by atoms with Crippen molar-refractivity contribution in [3.63, 3.8) is 0 Å². The normalized spacial score (nSPS) is 19.5. The van der Waals surface area contributed by atoms with E-state index in [2.05, 4.69) is 11.9 Å². The van der Waals surface area contributed by atoms with Crippen molar-refractivity contribution in [2.75, 3.05) is 0 Å². The summed E-state index contributed by atoms with van der Waals surface area (Å²) >= 11 is 0. The molecule has 1 aromatic heterocycles. The number of aryl methyl sites for hydroxylation is 1. The molecule has 1 aliphatic carbocycles. The lowest BCUT2D eigenvalue weighted by molar-refractivity contribution is 0.422. The molecule has 0 radical (unpaired) electrons. The molecule has 0 spiro atoms. The molecule has 1 nitrogen and oxygen atoms in total. The van der Waals surface area contributed by atoms with Gasteiger partial charge in [0.1, 0.15) is 5.82 Å². The molecule has 0 amide bonds. The molecule has 0 saturated carbocycles. The summed E-state index contributed by atoms with van der Waals surface area (Å²) in [4.78, 5) is 3.27. The van der Waals surface area contributed by atoms with Gasteiger partial charge in [-0.05, 0) is 36.8 Å². The van der Waals surface area contributed by atoms with Crippen LogP contribution >= 0.6 is 0 Å². The molecule has 0 bridgehead atoms. The van der Waals surface area contributed by atoms with Crippen LogP contribution in [-0.2, 0) is 12.8 Å². The van der Waals surface area contributed by atoms with Gasteiger partial charge in [-0.1, -0.05) is 31.9 Å². The highest BCUT2D eigenvalue weighted by molar-refractivity contribution is 5.85. The van der Waals surface area contributed by atoms with E-state index in [4.69, 9.17) is 0 Å². The minimum Gasteiger partial charge on any atom is -0.356 e. The van der Waals surface area contributed by atoms with Gasteiger partial charge in [0.2, 0.25) is 0 Å². The first-order valence-corrected chi connectivity index (χ1v) is 6.57. The lowest BCUT2D eigenvalue weighted by Crippen LogP contribution is -2.13. The third-order valence-corrected chi connectivity index (χ3v) is 3.97. The Hall–Kier alpha value is -1.31. The topological polar surface area (TPSA) is 15.8 Å². The summed E-state index contributed by atoms with van der Waals surface area (Å²) in [6.45, 7) is 2.24. The molecule has 3 rings (SSSR count). The molecule has 0 fully saturated rings. The molecule has 0 aliphatic heterocycles. The van der Waals surface area contributed by atoms with E-state index < -0.39 is 0 Å². The lowest BCUT2D eigenvalue weighted by Gasteiger charge is -2.21. The largest absolute Gasteiger partial charge is 0.356 e. The number of halogens is 1. The molecule has 1 aromatic carbocycles. The Balaban J connectivity index is 2.06. The summed E-state index contributed by atoms with van der Waals surface area (Å²) in [7, 11) is 0. The van der Waals surface area contributed by atoms with Crippen molar-refractivity contribution in [1.82, 2.24) is 4.98 Å². The van der Waals surface area contributed by atoms with Gasteiger partial charge in [-0.15, -0.1) is 0 Å². The zero-order chi connectivity index (χ0) is 11.8. The van der Waals surface area contributed by atoms with Crippen molar-refractivity contribution in [3.05, 3.63) is 35.3 Å².